The van der Waals surface area contributed by atoms with Crippen LogP contribution < -0.4 is 9.30 Å². The molecule has 56 heavy (non-hydrogen) atoms. The van der Waals surface area contributed by atoms with Crippen molar-refractivity contribution >= 4 is 21.8 Å². The number of imidazole rings is 1. The molecule has 8 aromatic rings. The van der Waals surface area contributed by atoms with Crippen molar-refractivity contribution in [3.63, 3.8) is 0 Å². The molecule has 0 saturated heterocycles. The molecule has 3 aromatic heterocycles. The molecule has 0 atom stereocenters. The van der Waals surface area contributed by atoms with Crippen LogP contribution in [0.1, 0.15) is 79.1 Å². The van der Waals surface area contributed by atoms with E-state index in [9.17, 15) is 0 Å². The molecule has 0 N–H and O–H groups in total. The Bertz CT molecular complexity index is 2680. The van der Waals surface area contributed by atoms with Gasteiger partial charge in [0.25, 0.3) is 6.33 Å². The first-order valence-electron chi connectivity index (χ1n) is 19.0. The maximum Gasteiger partial charge on any atom is 0.267 e. The van der Waals surface area contributed by atoms with E-state index >= 15 is 0 Å². The summed E-state index contributed by atoms with van der Waals surface area (Å²) in [7, 11) is 0. The Kier molecular flexibility index (Phi) is 10.2. The van der Waals surface area contributed by atoms with Crippen LogP contribution in [-0.4, -0.2) is 14.1 Å². The number of benzene rings is 5. The van der Waals surface area contributed by atoms with Crippen LogP contribution in [0.25, 0.3) is 50.1 Å². The largest absolute Gasteiger partial charge is 0.510 e. The van der Waals surface area contributed by atoms with Crippen LogP contribution in [0.4, 0.5) is 0 Å². The summed E-state index contributed by atoms with van der Waals surface area (Å²) < 4.78 is 13.1. The summed E-state index contributed by atoms with van der Waals surface area (Å²) in [4.78, 5) is 4.85. The van der Waals surface area contributed by atoms with E-state index in [1.54, 1.807) is 0 Å². The van der Waals surface area contributed by atoms with Crippen molar-refractivity contribution in [2.75, 3.05) is 0 Å². The van der Waals surface area contributed by atoms with Crippen LogP contribution >= 0.6 is 0 Å². The normalized spacial score (nSPS) is 12.2. The van der Waals surface area contributed by atoms with Gasteiger partial charge in [-0.1, -0.05) is 128 Å². The number of aromatic nitrogens is 4. The van der Waals surface area contributed by atoms with Crippen LogP contribution in [0.5, 0.6) is 11.5 Å². The maximum atomic E-state index is 6.72. The zero-order chi connectivity index (χ0) is 38.7. The standard InChI is InChI=1S/C50H48N4O.Pt/c1-48(2,3)36-24-25-51-47(29-36)54-44-21-14-13-20-42(44)43-23-22-40(31-45(43)54)55-41-28-37(49(4,5)6)27-39(30-41)52-32-46(50(7,8)9)53(33-52)38-19-15-18-35(26-38)34-16-11-10-12-17-34;/h10-29,32H,1-9H3;/q-2;. The summed E-state index contributed by atoms with van der Waals surface area (Å²) in [5.74, 6) is 2.08. The first kappa shape index (κ1) is 39.0. The predicted octanol–water partition coefficient (Wildman–Crippen LogP) is 12.0. The average Bonchev–Trinajstić information content (AvgIpc) is 3.75. The number of rotatable bonds is 6. The number of hydrogen-bond acceptors (Lipinski definition) is 2. The molecule has 286 valence electrons. The summed E-state index contributed by atoms with van der Waals surface area (Å²) in [6, 6.07) is 47.6. The molecule has 0 aliphatic heterocycles. The van der Waals surface area contributed by atoms with Gasteiger partial charge in [0.2, 0.25) is 0 Å². The van der Waals surface area contributed by atoms with E-state index in [2.05, 4.69) is 210 Å². The van der Waals surface area contributed by atoms with Gasteiger partial charge in [-0.25, -0.2) is 4.98 Å². The topological polar surface area (TPSA) is 35.9 Å². The molecular formula is C50H48N4OPt-2. The minimum Gasteiger partial charge on any atom is -0.510 e. The first-order chi connectivity index (χ1) is 26.1. The number of hydrogen-bond donors (Lipinski definition) is 0. The molecule has 0 aliphatic rings. The summed E-state index contributed by atoms with van der Waals surface area (Å²) in [5, 5.41) is 2.24. The fourth-order valence-electron chi connectivity index (χ4n) is 7.12. The van der Waals surface area contributed by atoms with E-state index in [4.69, 9.17) is 9.72 Å². The van der Waals surface area contributed by atoms with E-state index < -0.39 is 0 Å². The minimum atomic E-state index is -0.157. The van der Waals surface area contributed by atoms with Crippen molar-refractivity contribution in [1.29, 1.82) is 0 Å². The van der Waals surface area contributed by atoms with Crippen LogP contribution in [0, 0.1) is 18.5 Å². The second kappa shape index (κ2) is 14.7. The summed E-state index contributed by atoms with van der Waals surface area (Å²) in [6.45, 7) is 20.1. The molecule has 0 fully saturated rings. The van der Waals surface area contributed by atoms with Crippen molar-refractivity contribution in [2.24, 2.45) is 0 Å². The third kappa shape index (κ3) is 7.62. The first-order valence-corrected chi connectivity index (χ1v) is 19.0. The van der Waals surface area contributed by atoms with Gasteiger partial charge in [-0.2, -0.15) is 17.7 Å². The molecule has 0 unspecified atom stereocenters. The Hall–Kier alpha value is -5.25. The van der Waals surface area contributed by atoms with Gasteiger partial charge in [0.1, 0.15) is 5.82 Å². The second-order valence-electron chi connectivity index (χ2n) is 17.5. The van der Waals surface area contributed by atoms with Gasteiger partial charge < -0.3 is 13.9 Å². The molecular weight excluding hydrogens is 868 g/mol. The van der Waals surface area contributed by atoms with Crippen LogP contribution in [0.2, 0.25) is 0 Å². The molecule has 0 amide bonds. The second-order valence-corrected chi connectivity index (χ2v) is 17.5. The van der Waals surface area contributed by atoms with E-state index in [1.807, 2.05) is 12.3 Å². The molecule has 6 heteroatoms. The quantitative estimate of drug-likeness (QED) is 0.123. The molecule has 0 saturated carbocycles. The summed E-state index contributed by atoms with van der Waals surface area (Å²) in [5.41, 5.74) is 9.39. The Morgan fingerprint density at radius 3 is 2.05 bits per heavy atom. The zero-order valence-electron chi connectivity index (χ0n) is 33.6. The van der Waals surface area contributed by atoms with Crippen LogP contribution in [0.3, 0.4) is 0 Å². The smallest absolute Gasteiger partial charge is 0.267 e. The number of ether oxygens (including phenoxy) is 1. The van der Waals surface area contributed by atoms with E-state index in [1.165, 1.54) is 11.1 Å². The third-order valence-electron chi connectivity index (χ3n) is 10.3. The molecule has 0 radical (unpaired) electrons. The fraction of sp³-hybridized carbons (Fsp3) is 0.240. The van der Waals surface area contributed by atoms with Crippen molar-refractivity contribution in [1.82, 2.24) is 14.1 Å². The molecule has 0 bridgehead atoms. The molecule has 3 heterocycles. The molecule has 5 aromatic carbocycles. The summed E-state index contributed by atoms with van der Waals surface area (Å²) >= 11 is 0. The average molecular weight is 916 g/mol. The molecule has 5 nitrogen and oxygen atoms in total. The Morgan fingerprint density at radius 1 is 0.607 bits per heavy atom. The van der Waals surface area contributed by atoms with Gasteiger partial charge in [0.05, 0.1) is 11.4 Å². The summed E-state index contributed by atoms with van der Waals surface area (Å²) in [6.07, 6.45) is 7.75. The zero-order valence-corrected chi connectivity index (χ0v) is 35.9. The van der Waals surface area contributed by atoms with Gasteiger partial charge in [0, 0.05) is 50.5 Å². The van der Waals surface area contributed by atoms with E-state index in [0.717, 1.165) is 55.8 Å². The molecule has 0 aliphatic carbocycles. The Balaban J connectivity index is 0.00000480. The van der Waals surface area contributed by atoms with Crippen molar-refractivity contribution in [3.8, 4) is 39.8 Å². The van der Waals surface area contributed by atoms with Gasteiger partial charge >= 0.3 is 0 Å². The van der Waals surface area contributed by atoms with Crippen LogP contribution in [-0.2, 0) is 37.3 Å². The number of fused-ring (bicyclic) bond motifs is 3. The number of para-hydroxylation sites is 1. The van der Waals surface area contributed by atoms with Gasteiger partial charge in [0.15, 0.2) is 0 Å². The van der Waals surface area contributed by atoms with Crippen LogP contribution in [0.15, 0.2) is 128 Å². The van der Waals surface area contributed by atoms with Crippen molar-refractivity contribution in [3.05, 3.63) is 163 Å². The Labute approximate surface area is 345 Å². The third-order valence-corrected chi connectivity index (χ3v) is 10.3. The predicted molar refractivity (Wildman–Crippen MR) is 224 cm³/mol. The maximum absolute atomic E-state index is 6.72. The van der Waals surface area contributed by atoms with Gasteiger partial charge in [-0.15, -0.1) is 29.7 Å². The van der Waals surface area contributed by atoms with Crippen molar-refractivity contribution in [2.45, 2.75) is 78.6 Å². The monoisotopic (exact) mass is 915 g/mol. The number of nitrogens with zero attached hydrogens (tertiary/aromatic N) is 4. The molecule has 8 rings (SSSR count). The SMILES string of the molecule is CC(C)(C)c1cc(Oc2[c-]c3c(cc2)c2ccccc2n3-c2cc(C(C)(C)C)ccn2)[c-]c(-n2[c-][n+](-c3cccc(-c4ccccc4)c3)c(C(C)(C)C)c2)c1.[Pt]. The molecule has 0 spiro atoms. The van der Waals surface area contributed by atoms with Gasteiger partial charge in [-0.05, 0) is 74.3 Å². The van der Waals surface area contributed by atoms with E-state index in [-0.39, 0.29) is 37.3 Å². The Morgan fingerprint density at radius 2 is 1.32 bits per heavy atom. The van der Waals surface area contributed by atoms with Gasteiger partial charge in [-0.3, -0.25) is 4.57 Å². The fourth-order valence-corrected chi connectivity index (χ4v) is 7.12. The number of pyridine rings is 1. The minimum absolute atomic E-state index is 0. The van der Waals surface area contributed by atoms with E-state index in [0.29, 0.717) is 11.5 Å². The van der Waals surface area contributed by atoms with Crippen molar-refractivity contribution < 1.29 is 30.4 Å².